The molecule has 19 heavy (non-hydrogen) atoms. The second kappa shape index (κ2) is 4.87. The maximum atomic E-state index is 6.25. The van der Waals surface area contributed by atoms with E-state index in [0.717, 1.165) is 21.6 Å². The summed E-state index contributed by atoms with van der Waals surface area (Å²) in [4.78, 5) is 4.39. The van der Waals surface area contributed by atoms with Crippen molar-refractivity contribution in [3.05, 3.63) is 63.9 Å². The first-order chi connectivity index (χ1) is 9.15. The molecule has 0 N–H and O–H groups in total. The molecular formula is C15H12Cl2N2. The molecule has 2 aromatic carbocycles. The molecule has 3 aromatic rings. The highest BCUT2D eigenvalue weighted by Gasteiger charge is 2.10. The van der Waals surface area contributed by atoms with Crippen molar-refractivity contribution in [2.24, 2.45) is 0 Å². The lowest BCUT2D eigenvalue weighted by molar-refractivity contribution is 0.823. The van der Waals surface area contributed by atoms with E-state index >= 15 is 0 Å². The fraction of sp³-hybridized carbons (Fsp3) is 0.133. The van der Waals surface area contributed by atoms with Crippen molar-refractivity contribution in [2.75, 3.05) is 0 Å². The monoisotopic (exact) mass is 290 g/mol. The first-order valence-electron chi connectivity index (χ1n) is 6.01. The van der Waals surface area contributed by atoms with Gasteiger partial charge >= 0.3 is 0 Å². The minimum atomic E-state index is 0.513. The molecule has 4 heteroatoms. The predicted octanol–water partition coefficient (Wildman–Crippen LogP) is 4.70. The summed E-state index contributed by atoms with van der Waals surface area (Å²) in [6, 6.07) is 13.8. The second-order valence-corrected chi connectivity index (χ2v) is 5.31. The zero-order chi connectivity index (χ0) is 13.4. The quantitative estimate of drug-likeness (QED) is 0.669. The van der Waals surface area contributed by atoms with E-state index in [9.17, 15) is 0 Å². The summed E-state index contributed by atoms with van der Waals surface area (Å²) in [5, 5.41) is 1.25. The van der Waals surface area contributed by atoms with E-state index in [4.69, 9.17) is 23.2 Å². The van der Waals surface area contributed by atoms with Crippen molar-refractivity contribution >= 4 is 34.2 Å². The molecule has 96 valence electrons. The van der Waals surface area contributed by atoms with Crippen LogP contribution in [0.2, 0.25) is 10.3 Å². The topological polar surface area (TPSA) is 17.8 Å². The molecule has 3 rings (SSSR count). The Morgan fingerprint density at radius 1 is 1.05 bits per heavy atom. The summed E-state index contributed by atoms with van der Waals surface area (Å²) >= 11 is 12.1. The first-order valence-corrected chi connectivity index (χ1v) is 6.76. The Hall–Kier alpha value is -1.51. The van der Waals surface area contributed by atoms with Crippen LogP contribution in [0.25, 0.3) is 11.0 Å². The van der Waals surface area contributed by atoms with Crippen molar-refractivity contribution in [2.45, 2.75) is 13.5 Å². The third-order valence-electron chi connectivity index (χ3n) is 3.18. The van der Waals surface area contributed by atoms with Gasteiger partial charge in [0.1, 0.15) is 0 Å². The van der Waals surface area contributed by atoms with Gasteiger partial charge < -0.3 is 4.57 Å². The van der Waals surface area contributed by atoms with Gasteiger partial charge in [-0.15, -0.1) is 0 Å². The summed E-state index contributed by atoms with van der Waals surface area (Å²) in [7, 11) is 0. The molecule has 1 aromatic heterocycles. The van der Waals surface area contributed by atoms with E-state index < -0.39 is 0 Å². The molecule has 0 unspecified atom stereocenters. The largest absolute Gasteiger partial charge is 0.310 e. The molecule has 0 fully saturated rings. The van der Waals surface area contributed by atoms with Crippen LogP contribution in [0.1, 0.15) is 11.1 Å². The fourth-order valence-electron chi connectivity index (χ4n) is 2.25. The summed E-state index contributed by atoms with van der Waals surface area (Å²) in [5.74, 6) is 0. The Morgan fingerprint density at radius 3 is 2.53 bits per heavy atom. The average molecular weight is 291 g/mol. The standard InChI is InChI=1S/C15H12Cl2N2/c1-10-3-2-4-13-14(10)19(15(17)18-13)9-11-5-7-12(16)8-6-11/h2-8H,9H2,1H3. The van der Waals surface area contributed by atoms with Gasteiger partial charge in [-0.25, -0.2) is 4.98 Å². The van der Waals surface area contributed by atoms with Crippen LogP contribution < -0.4 is 0 Å². The minimum absolute atomic E-state index is 0.513. The summed E-state index contributed by atoms with van der Waals surface area (Å²) in [5.41, 5.74) is 4.33. The number of hydrogen-bond acceptors (Lipinski definition) is 1. The van der Waals surface area contributed by atoms with Crippen molar-refractivity contribution in [3.63, 3.8) is 0 Å². The van der Waals surface area contributed by atoms with Crippen molar-refractivity contribution in [3.8, 4) is 0 Å². The van der Waals surface area contributed by atoms with Crippen LogP contribution in [0.15, 0.2) is 42.5 Å². The Bertz CT molecular complexity index is 730. The molecule has 2 nitrogen and oxygen atoms in total. The van der Waals surface area contributed by atoms with Crippen LogP contribution in [0.5, 0.6) is 0 Å². The number of benzene rings is 2. The minimum Gasteiger partial charge on any atom is -0.310 e. The molecule has 0 aliphatic carbocycles. The number of rotatable bonds is 2. The van der Waals surface area contributed by atoms with Gasteiger partial charge in [0.15, 0.2) is 0 Å². The van der Waals surface area contributed by atoms with Gasteiger partial charge in [0.2, 0.25) is 5.28 Å². The van der Waals surface area contributed by atoms with Crippen LogP contribution in [0, 0.1) is 6.92 Å². The fourth-order valence-corrected chi connectivity index (χ4v) is 2.61. The van der Waals surface area contributed by atoms with Gasteiger partial charge in [0.05, 0.1) is 17.6 Å². The maximum absolute atomic E-state index is 6.25. The van der Waals surface area contributed by atoms with E-state index in [2.05, 4.69) is 18.0 Å². The lowest BCUT2D eigenvalue weighted by Gasteiger charge is -2.08. The van der Waals surface area contributed by atoms with E-state index in [-0.39, 0.29) is 0 Å². The molecule has 0 spiro atoms. The van der Waals surface area contributed by atoms with Crippen molar-refractivity contribution < 1.29 is 0 Å². The van der Waals surface area contributed by atoms with Crippen LogP contribution in [-0.2, 0) is 6.54 Å². The lowest BCUT2D eigenvalue weighted by Crippen LogP contribution is -2.00. The Kier molecular flexibility index (Phi) is 3.21. The van der Waals surface area contributed by atoms with Gasteiger partial charge in [0.25, 0.3) is 0 Å². The second-order valence-electron chi connectivity index (χ2n) is 4.54. The van der Waals surface area contributed by atoms with Gasteiger partial charge in [-0.2, -0.15) is 0 Å². The predicted molar refractivity (Wildman–Crippen MR) is 80.0 cm³/mol. The van der Waals surface area contributed by atoms with Crippen molar-refractivity contribution in [1.29, 1.82) is 0 Å². The van der Waals surface area contributed by atoms with E-state index in [1.807, 2.05) is 41.0 Å². The number of aryl methyl sites for hydroxylation is 1. The van der Waals surface area contributed by atoms with E-state index in [0.29, 0.717) is 11.8 Å². The molecular weight excluding hydrogens is 279 g/mol. The molecule has 0 amide bonds. The van der Waals surface area contributed by atoms with E-state index in [1.54, 1.807) is 0 Å². The number of halogens is 2. The van der Waals surface area contributed by atoms with Crippen LogP contribution in [0.4, 0.5) is 0 Å². The normalized spacial score (nSPS) is 11.1. The Balaban J connectivity index is 2.09. The summed E-state index contributed by atoms with van der Waals surface area (Å²) in [6.45, 7) is 2.76. The highest BCUT2D eigenvalue weighted by atomic mass is 35.5. The number of hydrogen-bond donors (Lipinski definition) is 0. The summed E-state index contributed by atoms with van der Waals surface area (Å²) < 4.78 is 2.02. The molecule has 0 aliphatic rings. The van der Waals surface area contributed by atoms with Crippen LogP contribution in [0.3, 0.4) is 0 Å². The number of para-hydroxylation sites is 1. The number of aromatic nitrogens is 2. The molecule has 0 aliphatic heterocycles. The smallest absolute Gasteiger partial charge is 0.204 e. The van der Waals surface area contributed by atoms with Gasteiger partial charge in [-0.3, -0.25) is 0 Å². The van der Waals surface area contributed by atoms with Gasteiger partial charge in [-0.05, 0) is 47.9 Å². The highest BCUT2D eigenvalue weighted by Crippen LogP contribution is 2.24. The molecule has 0 atom stereocenters. The van der Waals surface area contributed by atoms with Gasteiger partial charge in [0, 0.05) is 5.02 Å². The average Bonchev–Trinajstić information content (AvgIpc) is 2.70. The molecule has 0 saturated carbocycles. The molecule has 0 bridgehead atoms. The summed E-state index contributed by atoms with van der Waals surface area (Å²) in [6.07, 6.45) is 0. The Labute approximate surface area is 121 Å². The third-order valence-corrected chi connectivity index (χ3v) is 3.72. The highest BCUT2D eigenvalue weighted by molar-refractivity contribution is 6.30. The maximum Gasteiger partial charge on any atom is 0.204 e. The Morgan fingerprint density at radius 2 is 1.79 bits per heavy atom. The first kappa shape index (κ1) is 12.5. The number of fused-ring (bicyclic) bond motifs is 1. The van der Waals surface area contributed by atoms with Crippen LogP contribution in [-0.4, -0.2) is 9.55 Å². The van der Waals surface area contributed by atoms with Crippen molar-refractivity contribution in [1.82, 2.24) is 9.55 Å². The third kappa shape index (κ3) is 2.34. The van der Waals surface area contributed by atoms with Crippen LogP contribution >= 0.6 is 23.2 Å². The number of nitrogens with zero attached hydrogens (tertiary/aromatic N) is 2. The number of imidazole rings is 1. The van der Waals surface area contributed by atoms with Gasteiger partial charge in [-0.1, -0.05) is 35.9 Å². The molecule has 0 radical (unpaired) electrons. The molecule has 0 saturated heterocycles. The zero-order valence-corrected chi connectivity index (χ0v) is 11.9. The molecule has 1 heterocycles. The SMILES string of the molecule is Cc1cccc2nc(Cl)n(Cc3ccc(Cl)cc3)c12. The zero-order valence-electron chi connectivity index (χ0n) is 10.4. The van der Waals surface area contributed by atoms with E-state index in [1.165, 1.54) is 5.56 Å². The lowest BCUT2D eigenvalue weighted by atomic mass is 10.2.